The molecule has 2 aromatic rings. The molecule has 2 rings (SSSR count). The van der Waals surface area contributed by atoms with Crippen LogP contribution < -0.4 is 0 Å². The average Bonchev–Trinajstić information content (AvgIpc) is 2.33. The van der Waals surface area contributed by atoms with Crippen LogP contribution in [-0.2, 0) is 6.42 Å². The number of aromatic nitrogens is 1. The van der Waals surface area contributed by atoms with Crippen LogP contribution in [-0.4, -0.2) is 11.3 Å². The Bertz CT molecular complexity index is 546. The maximum atomic E-state index is 10.9. The number of rotatable bonds is 3. The van der Waals surface area contributed by atoms with Gasteiger partial charge >= 0.3 is 0 Å². The molecule has 86 valence electrons. The minimum Gasteiger partial charge on any atom is -0.298 e. The highest BCUT2D eigenvalue weighted by molar-refractivity contribution is 5.77. The smallest absolute Gasteiger partial charge is 0.150 e. The van der Waals surface area contributed by atoms with Crippen molar-refractivity contribution < 1.29 is 4.79 Å². The van der Waals surface area contributed by atoms with Gasteiger partial charge < -0.3 is 0 Å². The molecule has 2 nitrogen and oxygen atoms in total. The van der Waals surface area contributed by atoms with E-state index in [9.17, 15) is 4.79 Å². The molecule has 0 bridgehead atoms. The molecule has 0 atom stereocenters. The third kappa shape index (κ3) is 2.59. The molecule has 1 heterocycles. The Morgan fingerprint density at radius 2 is 2.00 bits per heavy atom. The van der Waals surface area contributed by atoms with Crippen LogP contribution in [0.4, 0.5) is 0 Å². The average molecular weight is 225 g/mol. The van der Waals surface area contributed by atoms with Crippen LogP contribution in [0.3, 0.4) is 0 Å². The molecule has 0 radical (unpaired) electrons. The Morgan fingerprint density at radius 1 is 1.18 bits per heavy atom. The molecule has 0 aliphatic rings. The first-order valence-corrected chi connectivity index (χ1v) is 5.65. The van der Waals surface area contributed by atoms with E-state index >= 15 is 0 Å². The number of aldehydes is 1. The maximum absolute atomic E-state index is 10.9. The van der Waals surface area contributed by atoms with Gasteiger partial charge in [0.15, 0.2) is 0 Å². The summed E-state index contributed by atoms with van der Waals surface area (Å²) < 4.78 is 0. The second-order valence-corrected chi connectivity index (χ2v) is 4.30. The fourth-order valence-corrected chi connectivity index (χ4v) is 1.95. The number of aryl methyl sites for hydroxylation is 2. The number of hydrogen-bond donors (Lipinski definition) is 0. The summed E-state index contributed by atoms with van der Waals surface area (Å²) in [6.07, 6.45) is 5.06. The Kier molecular flexibility index (Phi) is 3.33. The zero-order valence-corrected chi connectivity index (χ0v) is 10.1. The molecule has 0 aliphatic carbocycles. The molecule has 0 spiro atoms. The van der Waals surface area contributed by atoms with E-state index in [4.69, 9.17) is 0 Å². The van der Waals surface area contributed by atoms with E-state index in [1.54, 1.807) is 18.5 Å². The van der Waals surface area contributed by atoms with Gasteiger partial charge in [-0.3, -0.25) is 9.78 Å². The van der Waals surface area contributed by atoms with Gasteiger partial charge in [-0.05, 0) is 43.0 Å². The van der Waals surface area contributed by atoms with Gasteiger partial charge in [0.1, 0.15) is 6.29 Å². The zero-order valence-electron chi connectivity index (χ0n) is 10.1. The van der Waals surface area contributed by atoms with Gasteiger partial charge in [0.05, 0.1) is 0 Å². The lowest BCUT2D eigenvalue weighted by atomic mass is 9.97. The molecule has 0 aliphatic heterocycles. The number of pyridine rings is 1. The van der Waals surface area contributed by atoms with Gasteiger partial charge in [-0.15, -0.1) is 0 Å². The molecule has 0 unspecified atom stereocenters. The normalized spacial score (nSPS) is 10.2. The van der Waals surface area contributed by atoms with Crippen molar-refractivity contribution >= 4 is 6.29 Å². The van der Waals surface area contributed by atoms with E-state index in [2.05, 4.69) is 37.0 Å². The highest BCUT2D eigenvalue weighted by Crippen LogP contribution is 2.16. The Labute approximate surface area is 101 Å². The SMILES string of the molecule is Cc1ccc(Cc2cnccc2C=O)c(C)c1. The van der Waals surface area contributed by atoms with E-state index in [1.165, 1.54) is 16.7 Å². The van der Waals surface area contributed by atoms with Gasteiger partial charge in [-0.25, -0.2) is 0 Å². The van der Waals surface area contributed by atoms with Crippen molar-refractivity contribution in [2.45, 2.75) is 20.3 Å². The van der Waals surface area contributed by atoms with E-state index in [0.717, 1.165) is 23.8 Å². The highest BCUT2D eigenvalue weighted by Gasteiger charge is 2.05. The van der Waals surface area contributed by atoms with E-state index in [-0.39, 0.29) is 0 Å². The molecular weight excluding hydrogens is 210 g/mol. The number of nitrogens with zero attached hydrogens (tertiary/aromatic N) is 1. The topological polar surface area (TPSA) is 30.0 Å². The largest absolute Gasteiger partial charge is 0.298 e. The van der Waals surface area contributed by atoms with E-state index in [0.29, 0.717) is 0 Å². The molecule has 1 aromatic heterocycles. The van der Waals surface area contributed by atoms with Gasteiger partial charge in [0.2, 0.25) is 0 Å². The Morgan fingerprint density at radius 3 is 2.71 bits per heavy atom. The van der Waals surface area contributed by atoms with Crippen LogP contribution in [0.25, 0.3) is 0 Å². The molecule has 1 aromatic carbocycles. The summed E-state index contributed by atoms with van der Waals surface area (Å²) in [7, 11) is 0. The number of carbonyl (C=O) groups is 1. The summed E-state index contributed by atoms with van der Waals surface area (Å²) in [5.41, 5.74) is 5.46. The van der Waals surface area contributed by atoms with Gasteiger partial charge in [-0.2, -0.15) is 0 Å². The summed E-state index contributed by atoms with van der Waals surface area (Å²) in [6.45, 7) is 4.18. The predicted octanol–water partition coefficient (Wildman–Crippen LogP) is 3.10. The molecule has 0 fully saturated rings. The van der Waals surface area contributed by atoms with Gasteiger partial charge in [-0.1, -0.05) is 23.8 Å². The molecule has 2 heteroatoms. The van der Waals surface area contributed by atoms with E-state index < -0.39 is 0 Å². The minimum absolute atomic E-state index is 0.722. The monoisotopic (exact) mass is 225 g/mol. The van der Waals surface area contributed by atoms with Gasteiger partial charge in [0, 0.05) is 18.0 Å². The highest BCUT2D eigenvalue weighted by atomic mass is 16.1. The maximum Gasteiger partial charge on any atom is 0.150 e. The quantitative estimate of drug-likeness (QED) is 0.751. The third-order valence-corrected chi connectivity index (χ3v) is 2.95. The van der Waals surface area contributed by atoms with Crippen molar-refractivity contribution in [2.75, 3.05) is 0 Å². The second-order valence-electron chi connectivity index (χ2n) is 4.30. The zero-order chi connectivity index (χ0) is 12.3. The summed E-state index contributed by atoms with van der Waals surface area (Å²) in [4.78, 5) is 15.0. The van der Waals surface area contributed by atoms with E-state index in [1.807, 2.05) is 0 Å². The first-order valence-electron chi connectivity index (χ1n) is 5.65. The lowest BCUT2D eigenvalue weighted by Crippen LogP contribution is -1.97. The van der Waals surface area contributed by atoms with Crippen molar-refractivity contribution in [3.63, 3.8) is 0 Å². The predicted molar refractivity (Wildman–Crippen MR) is 68.3 cm³/mol. The molecule has 0 N–H and O–H groups in total. The molecule has 0 amide bonds. The van der Waals surface area contributed by atoms with Crippen LogP contribution in [0.15, 0.2) is 36.7 Å². The van der Waals surface area contributed by atoms with Crippen LogP contribution >= 0.6 is 0 Å². The van der Waals surface area contributed by atoms with Gasteiger partial charge in [0.25, 0.3) is 0 Å². The lowest BCUT2D eigenvalue weighted by molar-refractivity contribution is 0.112. The summed E-state index contributed by atoms with van der Waals surface area (Å²) in [5.74, 6) is 0. The Balaban J connectivity index is 2.34. The molecule has 0 saturated carbocycles. The van der Waals surface area contributed by atoms with Crippen LogP contribution in [0.1, 0.15) is 32.6 Å². The Hall–Kier alpha value is -1.96. The van der Waals surface area contributed by atoms with Crippen molar-refractivity contribution in [3.8, 4) is 0 Å². The van der Waals surface area contributed by atoms with Crippen molar-refractivity contribution in [2.24, 2.45) is 0 Å². The summed E-state index contributed by atoms with van der Waals surface area (Å²) in [6, 6.07) is 8.13. The number of hydrogen-bond acceptors (Lipinski definition) is 2. The first-order chi connectivity index (χ1) is 8.20. The second kappa shape index (κ2) is 4.91. The molecule has 17 heavy (non-hydrogen) atoms. The van der Waals surface area contributed by atoms with Crippen LogP contribution in [0.5, 0.6) is 0 Å². The fraction of sp³-hybridized carbons (Fsp3) is 0.200. The first kappa shape index (κ1) is 11.5. The van der Waals surface area contributed by atoms with Crippen LogP contribution in [0.2, 0.25) is 0 Å². The lowest BCUT2D eigenvalue weighted by Gasteiger charge is -2.08. The van der Waals surface area contributed by atoms with Crippen LogP contribution in [0, 0.1) is 13.8 Å². The molecule has 0 saturated heterocycles. The van der Waals surface area contributed by atoms with Crippen molar-refractivity contribution in [1.82, 2.24) is 4.98 Å². The minimum atomic E-state index is 0.722. The number of carbonyl (C=O) groups excluding carboxylic acids is 1. The van der Waals surface area contributed by atoms with Crippen molar-refractivity contribution in [3.05, 3.63) is 64.5 Å². The van der Waals surface area contributed by atoms with Crippen molar-refractivity contribution in [1.29, 1.82) is 0 Å². The third-order valence-electron chi connectivity index (χ3n) is 2.95. The number of benzene rings is 1. The standard InChI is InChI=1S/C15H15NO/c1-11-3-4-13(12(2)7-11)8-15-9-16-6-5-14(15)10-17/h3-7,9-10H,8H2,1-2H3. The fourth-order valence-electron chi connectivity index (χ4n) is 1.95. The summed E-state index contributed by atoms with van der Waals surface area (Å²) in [5, 5.41) is 0. The molecular formula is C15H15NO. The summed E-state index contributed by atoms with van der Waals surface area (Å²) >= 11 is 0.